The monoisotopic (exact) mass is 140 g/mol. The Morgan fingerprint density at radius 2 is 2.40 bits per heavy atom. The largest absolute Gasteiger partial charge is 0.481 e. The number of aliphatic carboxylic acids is 1. The molecule has 0 radical (unpaired) electrons. The zero-order chi connectivity index (χ0) is 7.78. The molecule has 1 rings (SSSR count). The highest BCUT2D eigenvalue weighted by Gasteiger charge is 2.52. The normalized spacial score (nSPS) is 38.4. The summed E-state index contributed by atoms with van der Waals surface area (Å²) >= 11 is 0. The van der Waals surface area contributed by atoms with Crippen LogP contribution in [0.3, 0.4) is 0 Å². The van der Waals surface area contributed by atoms with E-state index in [0.29, 0.717) is 0 Å². The third-order valence-electron chi connectivity index (χ3n) is 2.13. The molecular weight excluding hydrogens is 128 g/mol. The van der Waals surface area contributed by atoms with Crippen LogP contribution in [0.4, 0.5) is 0 Å². The van der Waals surface area contributed by atoms with E-state index in [1.54, 1.807) is 0 Å². The van der Waals surface area contributed by atoms with Gasteiger partial charge in [-0.25, -0.2) is 0 Å². The van der Waals surface area contributed by atoms with Gasteiger partial charge >= 0.3 is 5.97 Å². The summed E-state index contributed by atoms with van der Waals surface area (Å²) in [7, 11) is 0. The summed E-state index contributed by atoms with van der Waals surface area (Å²) in [5.74, 6) is -0.802. The fraction of sp³-hybridized carbons (Fsp3) is 0.625. The predicted octanol–water partition coefficient (Wildman–Crippen LogP) is 1.67. The first-order valence-electron chi connectivity index (χ1n) is 3.47. The predicted molar refractivity (Wildman–Crippen MR) is 38.7 cm³/mol. The Labute approximate surface area is 60.6 Å². The lowest BCUT2D eigenvalue weighted by Crippen LogP contribution is -2.04. The molecule has 0 bridgehead atoms. The summed E-state index contributed by atoms with van der Waals surface area (Å²) in [6.45, 7) is 3.90. The fourth-order valence-electron chi connectivity index (χ4n) is 1.32. The summed E-state index contributed by atoms with van der Waals surface area (Å²) in [5.41, 5.74) is -0.0411. The summed E-state index contributed by atoms with van der Waals surface area (Å²) in [6, 6.07) is 0. The van der Waals surface area contributed by atoms with Gasteiger partial charge in [0.05, 0.1) is 5.92 Å². The average molecular weight is 140 g/mol. The number of allylic oxidation sites excluding steroid dienone is 2. The van der Waals surface area contributed by atoms with Gasteiger partial charge in [-0.05, 0) is 18.8 Å². The van der Waals surface area contributed by atoms with E-state index in [1.807, 2.05) is 26.0 Å². The van der Waals surface area contributed by atoms with Crippen molar-refractivity contribution in [2.75, 3.05) is 0 Å². The molecule has 10 heavy (non-hydrogen) atoms. The quantitative estimate of drug-likeness (QED) is 0.592. The molecule has 0 aromatic rings. The topological polar surface area (TPSA) is 37.3 Å². The van der Waals surface area contributed by atoms with Crippen LogP contribution < -0.4 is 0 Å². The molecule has 2 unspecified atom stereocenters. The molecule has 0 amide bonds. The van der Waals surface area contributed by atoms with Crippen LogP contribution >= 0.6 is 0 Å². The van der Waals surface area contributed by atoms with Crippen molar-refractivity contribution in [3.63, 3.8) is 0 Å². The van der Waals surface area contributed by atoms with Gasteiger partial charge in [-0.3, -0.25) is 4.79 Å². The van der Waals surface area contributed by atoms with Crippen molar-refractivity contribution < 1.29 is 9.90 Å². The van der Waals surface area contributed by atoms with E-state index < -0.39 is 5.97 Å². The number of hydrogen-bond donors (Lipinski definition) is 1. The highest BCUT2D eigenvalue weighted by molar-refractivity contribution is 5.75. The number of carboxylic acid groups (broad SMARTS) is 1. The van der Waals surface area contributed by atoms with Crippen molar-refractivity contribution in [1.82, 2.24) is 0 Å². The zero-order valence-electron chi connectivity index (χ0n) is 6.29. The molecule has 56 valence electrons. The molecule has 0 saturated heterocycles. The minimum absolute atomic E-state index is 0.0411. The Morgan fingerprint density at radius 1 is 1.80 bits per heavy atom. The first-order valence-corrected chi connectivity index (χ1v) is 3.47. The van der Waals surface area contributed by atoms with Crippen molar-refractivity contribution in [2.24, 2.45) is 11.3 Å². The Kier molecular flexibility index (Phi) is 1.55. The lowest BCUT2D eigenvalue weighted by atomic mass is 10.1. The molecule has 0 aliphatic heterocycles. The Balaban J connectivity index is 2.56. The average Bonchev–Trinajstić information content (AvgIpc) is 2.43. The van der Waals surface area contributed by atoms with Crippen LogP contribution in [-0.2, 0) is 4.79 Å². The van der Waals surface area contributed by atoms with Gasteiger partial charge in [-0.2, -0.15) is 0 Å². The molecule has 1 aliphatic carbocycles. The van der Waals surface area contributed by atoms with E-state index in [9.17, 15) is 4.79 Å². The van der Waals surface area contributed by atoms with E-state index in [2.05, 4.69) is 0 Å². The van der Waals surface area contributed by atoms with Gasteiger partial charge in [0.25, 0.3) is 0 Å². The van der Waals surface area contributed by atoms with Crippen molar-refractivity contribution in [1.29, 1.82) is 0 Å². The zero-order valence-corrected chi connectivity index (χ0v) is 6.29. The maximum atomic E-state index is 10.4. The third kappa shape index (κ3) is 1.06. The maximum absolute atomic E-state index is 10.4. The second-order valence-corrected chi connectivity index (χ2v) is 3.10. The first kappa shape index (κ1) is 7.32. The van der Waals surface area contributed by atoms with Crippen LogP contribution in [0.25, 0.3) is 0 Å². The number of hydrogen-bond acceptors (Lipinski definition) is 1. The number of carboxylic acids is 1. The van der Waals surface area contributed by atoms with E-state index in [4.69, 9.17) is 5.11 Å². The Hall–Kier alpha value is -0.790. The van der Waals surface area contributed by atoms with Crippen LogP contribution in [0, 0.1) is 11.3 Å². The number of rotatable bonds is 2. The molecule has 0 spiro atoms. The summed E-state index contributed by atoms with van der Waals surface area (Å²) in [6.07, 6.45) is 4.70. The van der Waals surface area contributed by atoms with Crippen molar-refractivity contribution in [2.45, 2.75) is 20.3 Å². The van der Waals surface area contributed by atoms with Crippen LogP contribution in [0.5, 0.6) is 0 Å². The molecule has 2 atom stereocenters. The van der Waals surface area contributed by atoms with Crippen LogP contribution in [0.15, 0.2) is 12.2 Å². The van der Waals surface area contributed by atoms with Crippen molar-refractivity contribution in [3.8, 4) is 0 Å². The minimum Gasteiger partial charge on any atom is -0.481 e. The Bertz CT molecular complexity index is 184. The van der Waals surface area contributed by atoms with Gasteiger partial charge in [0, 0.05) is 0 Å². The van der Waals surface area contributed by atoms with E-state index in [1.165, 1.54) is 0 Å². The summed E-state index contributed by atoms with van der Waals surface area (Å²) in [4.78, 5) is 10.4. The first-order chi connectivity index (χ1) is 4.60. The second-order valence-electron chi connectivity index (χ2n) is 3.10. The van der Waals surface area contributed by atoms with E-state index >= 15 is 0 Å². The molecule has 0 aromatic carbocycles. The summed E-state index contributed by atoms with van der Waals surface area (Å²) in [5, 5.41) is 8.58. The SMILES string of the molecule is CC=CC1(C)CC1C(=O)O. The lowest BCUT2D eigenvalue weighted by Gasteiger charge is -1.98. The Morgan fingerprint density at radius 3 is 2.70 bits per heavy atom. The van der Waals surface area contributed by atoms with Gasteiger partial charge in [0.2, 0.25) is 0 Å². The number of carbonyl (C=O) groups is 1. The fourth-order valence-corrected chi connectivity index (χ4v) is 1.32. The standard InChI is InChI=1S/C8H12O2/c1-3-4-8(2)5-6(8)7(9)10/h3-4,6H,5H2,1-2H3,(H,9,10). The van der Waals surface area contributed by atoms with Crippen LogP contribution in [0.2, 0.25) is 0 Å². The van der Waals surface area contributed by atoms with E-state index in [-0.39, 0.29) is 11.3 Å². The third-order valence-corrected chi connectivity index (χ3v) is 2.13. The van der Waals surface area contributed by atoms with Gasteiger partial charge in [0.1, 0.15) is 0 Å². The molecule has 0 heterocycles. The summed E-state index contributed by atoms with van der Waals surface area (Å²) < 4.78 is 0. The molecule has 1 aliphatic rings. The van der Waals surface area contributed by atoms with E-state index in [0.717, 1.165) is 6.42 Å². The maximum Gasteiger partial charge on any atom is 0.307 e. The molecule has 2 heteroatoms. The second kappa shape index (κ2) is 2.11. The highest BCUT2D eigenvalue weighted by atomic mass is 16.4. The molecule has 2 nitrogen and oxygen atoms in total. The van der Waals surface area contributed by atoms with Crippen LogP contribution in [0.1, 0.15) is 20.3 Å². The molecule has 0 aromatic heterocycles. The van der Waals surface area contributed by atoms with Crippen LogP contribution in [-0.4, -0.2) is 11.1 Å². The van der Waals surface area contributed by atoms with Gasteiger partial charge in [0.15, 0.2) is 0 Å². The smallest absolute Gasteiger partial charge is 0.307 e. The van der Waals surface area contributed by atoms with Gasteiger partial charge < -0.3 is 5.11 Å². The lowest BCUT2D eigenvalue weighted by molar-refractivity contribution is -0.139. The molecule has 1 fully saturated rings. The molecule has 1 saturated carbocycles. The van der Waals surface area contributed by atoms with Gasteiger partial charge in [-0.1, -0.05) is 19.1 Å². The minimum atomic E-state index is -0.666. The highest BCUT2D eigenvalue weighted by Crippen LogP contribution is 2.53. The van der Waals surface area contributed by atoms with Crippen molar-refractivity contribution >= 4 is 5.97 Å². The molecular formula is C8H12O2. The van der Waals surface area contributed by atoms with Gasteiger partial charge in [-0.15, -0.1) is 0 Å². The van der Waals surface area contributed by atoms with Crippen molar-refractivity contribution in [3.05, 3.63) is 12.2 Å². The molecule has 1 N–H and O–H groups in total.